The molecule has 0 fully saturated rings. The van der Waals surface area contributed by atoms with Crippen LogP contribution in [0.5, 0.6) is 5.75 Å². The number of nitrogens with one attached hydrogen (secondary N) is 1. The molecule has 0 aliphatic carbocycles. The molecule has 0 saturated carbocycles. The zero-order valence-corrected chi connectivity index (χ0v) is 12.9. The molecule has 1 aromatic carbocycles. The summed E-state index contributed by atoms with van der Waals surface area (Å²) in [6.45, 7) is 9.16. The van der Waals surface area contributed by atoms with E-state index in [9.17, 15) is 4.79 Å². The Bertz CT molecular complexity index is 446. The predicted octanol–water partition coefficient (Wildman–Crippen LogP) is 2.70. The number of primary amides is 1. The van der Waals surface area contributed by atoms with Crippen LogP contribution in [0.2, 0.25) is 0 Å². The molecule has 112 valence electrons. The number of carbonyl (C=O) groups is 1. The van der Waals surface area contributed by atoms with Crippen LogP contribution < -0.4 is 15.8 Å². The first-order chi connectivity index (χ1) is 9.49. The monoisotopic (exact) mass is 278 g/mol. The van der Waals surface area contributed by atoms with Crippen LogP contribution >= 0.6 is 0 Å². The van der Waals surface area contributed by atoms with Crippen LogP contribution in [0.1, 0.15) is 50.8 Å². The molecule has 4 heteroatoms. The van der Waals surface area contributed by atoms with Gasteiger partial charge in [-0.25, -0.2) is 0 Å². The van der Waals surface area contributed by atoms with Crippen molar-refractivity contribution in [3.63, 3.8) is 0 Å². The summed E-state index contributed by atoms with van der Waals surface area (Å²) in [5.41, 5.74) is 7.54. The molecule has 0 radical (unpaired) electrons. The highest BCUT2D eigenvalue weighted by Gasteiger charge is 2.16. The van der Waals surface area contributed by atoms with Gasteiger partial charge in [-0.1, -0.05) is 26.0 Å². The highest BCUT2D eigenvalue weighted by Crippen LogP contribution is 2.24. The molecule has 0 aliphatic heterocycles. The predicted molar refractivity (Wildman–Crippen MR) is 81.8 cm³/mol. The molecule has 0 aliphatic rings. The topological polar surface area (TPSA) is 64.3 Å². The Morgan fingerprint density at radius 2 is 2.10 bits per heavy atom. The first-order valence-corrected chi connectivity index (χ1v) is 7.29. The first kappa shape index (κ1) is 16.5. The van der Waals surface area contributed by atoms with Gasteiger partial charge >= 0.3 is 0 Å². The zero-order chi connectivity index (χ0) is 15.1. The smallest absolute Gasteiger partial charge is 0.258 e. The van der Waals surface area contributed by atoms with Crippen LogP contribution in [0.4, 0.5) is 0 Å². The van der Waals surface area contributed by atoms with Crippen molar-refractivity contribution in [3.05, 3.63) is 29.3 Å². The molecule has 2 atom stereocenters. The van der Waals surface area contributed by atoms with Gasteiger partial charge in [0.25, 0.3) is 5.91 Å². The van der Waals surface area contributed by atoms with E-state index in [2.05, 4.69) is 25.2 Å². The third-order valence-electron chi connectivity index (χ3n) is 3.36. The van der Waals surface area contributed by atoms with E-state index < -0.39 is 12.0 Å². The Morgan fingerprint density at radius 3 is 2.60 bits per heavy atom. The van der Waals surface area contributed by atoms with Crippen LogP contribution in [0.25, 0.3) is 0 Å². The Morgan fingerprint density at radius 1 is 1.40 bits per heavy atom. The molecule has 1 amide bonds. The van der Waals surface area contributed by atoms with E-state index in [-0.39, 0.29) is 0 Å². The Labute approximate surface area is 121 Å². The number of carbonyl (C=O) groups excluding carboxylic acids is 1. The van der Waals surface area contributed by atoms with Gasteiger partial charge in [0.2, 0.25) is 0 Å². The standard InChI is InChI=1S/C16H26N2O2/c1-5-9-18-12(4)13-7-8-15(11(3)10-13)20-14(6-2)16(17)19/h7-8,10,12,14,18H,5-6,9H2,1-4H3,(H2,17,19). The molecule has 3 N–H and O–H groups in total. The lowest BCUT2D eigenvalue weighted by Gasteiger charge is -2.18. The SMILES string of the molecule is CCCNC(C)c1ccc(OC(CC)C(N)=O)c(C)c1. The van der Waals surface area contributed by atoms with Crippen molar-refractivity contribution in [1.29, 1.82) is 0 Å². The van der Waals surface area contributed by atoms with Gasteiger partial charge in [-0.2, -0.15) is 0 Å². The molecule has 4 nitrogen and oxygen atoms in total. The van der Waals surface area contributed by atoms with Crippen molar-refractivity contribution in [2.75, 3.05) is 6.54 Å². The van der Waals surface area contributed by atoms with Crippen molar-refractivity contribution in [2.24, 2.45) is 5.73 Å². The minimum absolute atomic E-state index is 0.306. The number of benzene rings is 1. The summed E-state index contributed by atoms with van der Waals surface area (Å²) in [7, 11) is 0. The molecular weight excluding hydrogens is 252 g/mol. The summed E-state index contributed by atoms with van der Waals surface area (Å²) in [6.07, 6.45) is 1.13. The maximum absolute atomic E-state index is 11.2. The average Bonchev–Trinajstić information content (AvgIpc) is 2.42. The van der Waals surface area contributed by atoms with E-state index in [4.69, 9.17) is 10.5 Å². The lowest BCUT2D eigenvalue weighted by atomic mass is 10.0. The first-order valence-electron chi connectivity index (χ1n) is 7.29. The minimum atomic E-state index is -0.560. The number of hydrogen-bond donors (Lipinski definition) is 2. The van der Waals surface area contributed by atoms with Gasteiger partial charge in [0, 0.05) is 6.04 Å². The summed E-state index contributed by atoms with van der Waals surface area (Å²) in [5, 5.41) is 3.45. The summed E-state index contributed by atoms with van der Waals surface area (Å²) in [6, 6.07) is 6.35. The molecule has 1 rings (SSSR count). The van der Waals surface area contributed by atoms with Crippen LogP contribution in [-0.2, 0) is 4.79 Å². The second kappa shape index (κ2) is 7.90. The fourth-order valence-electron chi connectivity index (χ4n) is 2.05. The fourth-order valence-corrected chi connectivity index (χ4v) is 2.05. The summed E-state index contributed by atoms with van der Waals surface area (Å²) in [5.74, 6) is 0.302. The van der Waals surface area contributed by atoms with Crippen molar-refractivity contribution in [2.45, 2.75) is 52.7 Å². The maximum Gasteiger partial charge on any atom is 0.258 e. The molecule has 0 bridgehead atoms. The Kier molecular flexibility index (Phi) is 6.52. The van der Waals surface area contributed by atoms with Gasteiger partial charge < -0.3 is 15.8 Å². The Balaban J connectivity index is 2.79. The number of aryl methyl sites for hydroxylation is 1. The van der Waals surface area contributed by atoms with E-state index in [0.717, 1.165) is 24.3 Å². The lowest BCUT2D eigenvalue weighted by molar-refractivity contribution is -0.124. The van der Waals surface area contributed by atoms with Gasteiger partial charge in [0.15, 0.2) is 6.10 Å². The largest absolute Gasteiger partial charge is 0.480 e. The van der Waals surface area contributed by atoms with Crippen LogP contribution in [0, 0.1) is 6.92 Å². The van der Waals surface area contributed by atoms with Crippen LogP contribution in [-0.4, -0.2) is 18.6 Å². The third kappa shape index (κ3) is 4.53. The van der Waals surface area contributed by atoms with Gasteiger partial charge in [-0.3, -0.25) is 4.79 Å². The normalized spacial score (nSPS) is 13.8. The lowest BCUT2D eigenvalue weighted by Crippen LogP contribution is -2.33. The molecule has 20 heavy (non-hydrogen) atoms. The maximum atomic E-state index is 11.2. The van der Waals surface area contributed by atoms with E-state index in [1.165, 1.54) is 5.56 Å². The highest BCUT2D eigenvalue weighted by molar-refractivity contribution is 5.79. The molecular formula is C16H26N2O2. The highest BCUT2D eigenvalue weighted by atomic mass is 16.5. The van der Waals surface area contributed by atoms with Crippen molar-refractivity contribution >= 4 is 5.91 Å². The van der Waals surface area contributed by atoms with Gasteiger partial charge in [-0.05, 0) is 50.4 Å². The number of nitrogens with two attached hydrogens (primary N) is 1. The molecule has 0 heterocycles. The second-order valence-corrected chi connectivity index (χ2v) is 5.12. The second-order valence-electron chi connectivity index (χ2n) is 5.12. The van der Waals surface area contributed by atoms with Crippen molar-refractivity contribution in [1.82, 2.24) is 5.32 Å². The Hall–Kier alpha value is -1.55. The van der Waals surface area contributed by atoms with E-state index in [1.807, 2.05) is 26.0 Å². The van der Waals surface area contributed by atoms with Gasteiger partial charge in [-0.15, -0.1) is 0 Å². The molecule has 0 spiro atoms. The quantitative estimate of drug-likeness (QED) is 0.768. The van der Waals surface area contributed by atoms with E-state index in [1.54, 1.807) is 0 Å². The molecule has 0 aromatic heterocycles. The molecule has 0 saturated heterocycles. The summed E-state index contributed by atoms with van der Waals surface area (Å²) >= 11 is 0. The van der Waals surface area contributed by atoms with Crippen LogP contribution in [0.3, 0.4) is 0 Å². The summed E-state index contributed by atoms with van der Waals surface area (Å²) in [4.78, 5) is 11.2. The summed E-state index contributed by atoms with van der Waals surface area (Å²) < 4.78 is 5.68. The third-order valence-corrected chi connectivity index (χ3v) is 3.36. The van der Waals surface area contributed by atoms with Crippen molar-refractivity contribution < 1.29 is 9.53 Å². The number of rotatable bonds is 8. The number of ether oxygens (including phenoxy) is 1. The fraction of sp³-hybridized carbons (Fsp3) is 0.562. The molecule has 1 aromatic rings. The number of amides is 1. The van der Waals surface area contributed by atoms with Crippen molar-refractivity contribution in [3.8, 4) is 5.75 Å². The van der Waals surface area contributed by atoms with Crippen LogP contribution in [0.15, 0.2) is 18.2 Å². The zero-order valence-electron chi connectivity index (χ0n) is 12.9. The average molecular weight is 278 g/mol. The minimum Gasteiger partial charge on any atom is -0.480 e. The van der Waals surface area contributed by atoms with Gasteiger partial charge in [0.05, 0.1) is 0 Å². The van der Waals surface area contributed by atoms with Gasteiger partial charge in [0.1, 0.15) is 5.75 Å². The van der Waals surface area contributed by atoms with E-state index in [0.29, 0.717) is 12.5 Å². The molecule has 2 unspecified atom stereocenters. The van der Waals surface area contributed by atoms with E-state index >= 15 is 0 Å². The number of hydrogen-bond acceptors (Lipinski definition) is 3.